The second kappa shape index (κ2) is 11.1. The van der Waals surface area contributed by atoms with Crippen molar-refractivity contribution in [1.29, 1.82) is 0 Å². The van der Waals surface area contributed by atoms with Crippen molar-refractivity contribution in [3.05, 3.63) is 102 Å². The third-order valence-electron chi connectivity index (χ3n) is 5.33. The zero-order valence-electron chi connectivity index (χ0n) is 18.5. The van der Waals surface area contributed by atoms with Crippen LogP contribution in [0.25, 0.3) is 0 Å². The van der Waals surface area contributed by atoms with E-state index in [1.54, 1.807) is 24.3 Å². The normalized spacial score (nSPS) is 13.3. The number of nitrogens with one attached hydrogen (secondary N) is 2. The van der Waals surface area contributed by atoms with Crippen LogP contribution in [-0.4, -0.2) is 26.4 Å². The average molecular weight is 451 g/mol. The van der Waals surface area contributed by atoms with Crippen molar-refractivity contribution < 1.29 is 13.2 Å². The van der Waals surface area contributed by atoms with E-state index in [-0.39, 0.29) is 23.3 Å². The molecule has 168 valence electrons. The number of sulfonamides is 1. The molecule has 0 saturated heterocycles. The molecule has 0 bridgehead atoms. The Bertz CT molecular complexity index is 1100. The Morgan fingerprint density at radius 3 is 2.00 bits per heavy atom. The maximum Gasteiger partial charge on any atom is 0.241 e. The van der Waals surface area contributed by atoms with Crippen molar-refractivity contribution in [2.45, 2.75) is 50.1 Å². The minimum atomic E-state index is -3.84. The molecule has 3 rings (SSSR count). The number of carbonyl (C=O) groups is 1. The molecular formula is C26H30N2O3S. The highest BCUT2D eigenvalue weighted by molar-refractivity contribution is 7.89. The zero-order valence-corrected chi connectivity index (χ0v) is 19.3. The second-order valence-electron chi connectivity index (χ2n) is 8.11. The van der Waals surface area contributed by atoms with Gasteiger partial charge in [0.1, 0.15) is 6.04 Å². The van der Waals surface area contributed by atoms with Gasteiger partial charge in [0.15, 0.2) is 0 Å². The zero-order chi connectivity index (χ0) is 23.0. The van der Waals surface area contributed by atoms with Crippen molar-refractivity contribution in [1.82, 2.24) is 10.0 Å². The molecule has 2 atom stereocenters. The van der Waals surface area contributed by atoms with Gasteiger partial charge < -0.3 is 5.32 Å². The molecule has 0 radical (unpaired) electrons. The van der Waals surface area contributed by atoms with E-state index in [4.69, 9.17) is 0 Å². The number of aryl methyl sites for hydroxylation is 2. The molecule has 32 heavy (non-hydrogen) atoms. The number of rotatable bonds is 10. The Labute approximate surface area is 190 Å². The lowest BCUT2D eigenvalue weighted by Crippen LogP contribution is -2.50. The molecule has 0 saturated carbocycles. The minimum absolute atomic E-state index is 0.0927. The van der Waals surface area contributed by atoms with Gasteiger partial charge in [-0.2, -0.15) is 4.72 Å². The molecular weight excluding hydrogens is 420 g/mol. The lowest BCUT2D eigenvalue weighted by atomic mass is 10.0. The third-order valence-corrected chi connectivity index (χ3v) is 6.81. The summed E-state index contributed by atoms with van der Waals surface area (Å²) >= 11 is 0. The molecule has 6 heteroatoms. The molecule has 0 aliphatic carbocycles. The Morgan fingerprint density at radius 2 is 1.41 bits per heavy atom. The molecule has 1 amide bonds. The van der Waals surface area contributed by atoms with Crippen LogP contribution in [0.3, 0.4) is 0 Å². The predicted octanol–water partition coefficient (Wildman–Crippen LogP) is 4.02. The maximum atomic E-state index is 13.1. The summed E-state index contributed by atoms with van der Waals surface area (Å²) in [6, 6.07) is 25.1. The Kier molecular flexibility index (Phi) is 8.20. The van der Waals surface area contributed by atoms with Gasteiger partial charge in [-0.1, -0.05) is 78.4 Å². The molecule has 0 aliphatic rings. The topological polar surface area (TPSA) is 75.3 Å². The van der Waals surface area contributed by atoms with Crippen LogP contribution in [0.5, 0.6) is 0 Å². The molecule has 0 aliphatic heterocycles. The number of carbonyl (C=O) groups excluding carboxylic acids is 1. The minimum Gasteiger partial charge on any atom is -0.352 e. The maximum absolute atomic E-state index is 13.1. The summed E-state index contributed by atoms with van der Waals surface area (Å²) in [5.41, 5.74) is 3.06. The molecule has 0 aromatic heterocycles. The molecule has 2 N–H and O–H groups in total. The Balaban J connectivity index is 1.71. The third kappa shape index (κ3) is 7.04. The first-order valence-electron chi connectivity index (χ1n) is 10.8. The van der Waals surface area contributed by atoms with Gasteiger partial charge in [0.05, 0.1) is 4.90 Å². The van der Waals surface area contributed by atoms with Gasteiger partial charge in [0.2, 0.25) is 15.9 Å². The van der Waals surface area contributed by atoms with Gasteiger partial charge in [-0.15, -0.1) is 0 Å². The van der Waals surface area contributed by atoms with E-state index in [0.717, 1.165) is 24.0 Å². The molecule has 0 spiro atoms. The van der Waals surface area contributed by atoms with Gasteiger partial charge in [0.25, 0.3) is 0 Å². The highest BCUT2D eigenvalue weighted by atomic mass is 32.2. The average Bonchev–Trinajstić information content (AvgIpc) is 2.79. The Morgan fingerprint density at radius 1 is 0.844 bits per heavy atom. The van der Waals surface area contributed by atoms with Gasteiger partial charge in [-0.05, 0) is 56.4 Å². The van der Waals surface area contributed by atoms with Gasteiger partial charge in [-0.3, -0.25) is 4.79 Å². The molecule has 0 unspecified atom stereocenters. The summed E-state index contributed by atoms with van der Waals surface area (Å²) in [5, 5.41) is 2.99. The van der Waals surface area contributed by atoms with Gasteiger partial charge in [-0.25, -0.2) is 8.42 Å². The highest BCUT2D eigenvalue weighted by Gasteiger charge is 2.27. The standard InChI is InChI=1S/C26H30N2O3S/c1-20-13-17-24(18-14-20)32(30,31)28-25(19-23-11-7-4-8-12-23)26(29)27-21(2)15-16-22-9-5-3-6-10-22/h3-14,17-18,21,25,28H,15-16,19H2,1-2H3,(H,27,29)/t21-,25-/m0/s1. The van der Waals surface area contributed by atoms with Crippen LogP contribution in [0, 0.1) is 6.92 Å². The fourth-order valence-corrected chi connectivity index (χ4v) is 4.65. The van der Waals surface area contributed by atoms with Crippen LogP contribution in [0.1, 0.15) is 30.0 Å². The monoisotopic (exact) mass is 450 g/mol. The van der Waals surface area contributed by atoms with Crippen LogP contribution < -0.4 is 10.0 Å². The van der Waals surface area contributed by atoms with Crippen LogP contribution in [0.4, 0.5) is 0 Å². The van der Waals surface area contributed by atoms with Crippen molar-refractivity contribution in [2.24, 2.45) is 0 Å². The van der Waals surface area contributed by atoms with E-state index < -0.39 is 16.1 Å². The molecule has 0 heterocycles. The summed E-state index contributed by atoms with van der Waals surface area (Å²) < 4.78 is 28.5. The van der Waals surface area contributed by atoms with Crippen LogP contribution in [0.15, 0.2) is 89.8 Å². The van der Waals surface area contributed by atoms with Crippen LogP contribution >= 0.6 is 0 Å². The number of hydrogen-bond donors (Lipinski definition) is 2. The van der Waals surface area contributed by atoms with E-state index in [0.29, 0.717) is 0 Å². The fraction of sp³-hybridized carbons (Fsp3) is 0.269. The van der Waals surface area contributed by atoms with E-state index in [2.05, 4.69) is 22.2 Å². The van der Waals surface area contributed by atoms with Crippen molar-refractivity contribution >= 4 is 15.9 Å². The van der Waals surface area contributed by atoms with Crippen LogP contribution in [-0.2, 0) is 27.7 Å². The predicted molar refractivity (Wildman–Crippen MR) is 128 cm³/mol. The second-order valence-corrected chi connectivity index (χ2v) is 9.82. The SMILES string of the molecule is Cc1ccc(S(=O)(=O)N[C@@H](Cc2ccccc2)C(=O)N[C@@H](C)CCc2ccccc2)cc1. The van der Waals surface area contributed by atoms with Gasteiger partial charge >= 0.3 is 0 Å². The van der Waals surface area contributed by atoms with E-state index in [1.807, 2.05) is 62.4 Å². The largest absolute Gasteiger partial charge is 0.352 e. The molecule has 5 nitrogen and oxygen atoms in total. The molecule has 3 aromatic rings. The van der Waals surface area contributed by atoms with E-state index in [1.165, 1.54) is 5.56 Å². The fourth-order valence-electron chi connectivity index (χ4n) is 3.45. The first kappa shape index (κ1) is 23.7. The summed E-state index contributed by atoms with van der Waals surface area (Å²) in [4.78, 5) is 13.2. The lowest BCUT2D eigenvalue weighted by Gasteiger charge is -2.22. The Hall–Kier alpha value is -2.96. The summed E-state index contributed by atoms with van der Waals surface area (Å²) in [6.45, 7) is 3.83. The molecule has 0 fully saturated rings. The lowest BCUT2D eigenvalue weighted by molar-refractivity contribution is -0.123. The quantitative estimate of drug-likeness (QED) is 0.490. The highest BCUT2D eigenvalue weighted by Crippen LogP contribution is 2.13. The first-order chi connectivity index (χ1) is 15.3. The molecule has 3 aromatic carbocycles. The first-order valence-corrected chi connectivity index (χ1v) is 12.3. The van der Waals surface area contributed by atoms with Crippen molar-refractivity contribution in [3.63, 3.8) is 0 Å². The van der Waals surface area contributed by atoms with Crippen molar-refractivity contribution in [2.75, 3.05) is 0 Å². The summed E-state index contributed by atoms with van der Waals surface area (Å²) in [6.07, 6.45) is 1.86. The number of benzene rings is 3. The smallest absolute Gasteiger partial charge is 0.241 e. The van der Waals surface area contributed by atoms with Crippen molar-refractivity contribution in [3.8, 4) is 0 Å². The summed E-state index contributed by atoms with van der Waals surface area (Å²) in [7, 11) is -3.84. The van der Waals surface area contributed by atoms with E-state index >= 15 is 0 Å². The van der Waals surface area contributed by atoms with Gasteiger partial charge in [0, 0.05) is 6.04 Å². The van der Waals surface area contributed by atoms with E-state index in [9.17, 15) is 13.2 Å². The summed E-state index contributed by atoms with van der Waals surface area (Å²) in [5.74, 6) is -0.329. The number of amides is 1. The van der Waals surface area contributed by atoms with Crippen LogP contribution in [0.2, 0.25) is 0 Å². The number of hydrogen-bond acceptors (Lipinski definition) is 3.